The molecule has 0 spiro atoms. The molecule has 0 rings (SSSR count). The summed E-state index contributed by atoms with van der Waals surface area (Å²) in [6, 6.07) is 0. The maximum atomic E-state index is 12.3. The van der Waals surface area contributed by atoms with Gasteiger partial charge in [0.1, 0.15) is 12.2 Å². The van der Waals surface area contributed by atoms with Crippen molar-refractivity contribution in [1.82, 2.24) is 0 Å². The molecular formula is C36H67O10P. The normalized spacial score (nSPS) is 14.4. The van der Waals surface area contributed by atoms with Crippen LogP contribution in [0.1, 0.15) is 155 Å². The van der Waals surface area contributed by atoms with Gasteiger partial charge in [0.05, 0.1) is 26.4 Å². The Balaban J connectivity index is 4.02. The lowest BCUT2D eigenvalue weighted by atomic mass is 10.1. The molecule has 47 heavy (non-hydrogen) atoms. The van der Waals surface area contributed by atoms with E-state index in [0.717, 1.165) is 64.2 Å². The Labute approximate surface area is 285 Å². The van der Waals surface area contributed by atoms with Gasteiger partial charge >= 0.3 is 19.8 Å². The van der Waals surface area contributed by atoms with Gasteiger partial charge in [-0.3, -0.25) is 18.6 Å². The second-order valence-electron chi connectivity index (χ2n) is 12.2. The number of hydrogen-bond donors (Lipinski definition) is 3. The number of unbranched alkanes of at least 4 members (excludes halogenated alkanes) is 16. The van der Waals surface area contributed by atoms with Gasteiger partial charge in [-0.15, -0.1) is 0 Å². The molecule has 3 N–H and O–H groups in total. The molecule has 0 bridgehead atoms. The van der Waals surface area contributed by atoms with Crippen LogP contribution >= 0.6 is 7.82 Å². The van der Waals surface area contributed by atoms with E-state index in [0.29, 0.717) is 12.8 Å². The highest BCUT2D eigenvalue weighted by Crippen LogP contribution is 2.43. The van der Waals surface area contributed by atoms with Crippen LogP contribution in [0.5, 0.6) is 0 Å². The maximum Gasteiger partial charge on any atom is 0.472 e. The van der Waals surface area contributed by atoms with Crippen LogP contribution in [0.25, 0.3) is 0 Å². The van der Waals surface area contributed by atoms with E-state index in [2.05, 4.69) is 38.2 Å². The number of phosphoric ester groups is 1. The molecule has 0 aliphatic carbocycles. The van der Waals surface area contributed by atoms with E-state index in [9.17, 15) is 29.3 Å². The van der Waals surface area contributed by atoms with Crippen LogP contribution in [-0.2, 0) is 32.7 Å². The van der Waals surface area contributed by atoms with E-state index >= 15 is 0 Å². The quantitative estimate of drug-likeness (QED) is 0.0259. The molecule has 0 aromatic carbocycles. The first kappa shape index (κ1) is 45.5. The summed E-state index contributed by atoms with van der Waals surface area (Å²) >= 11 is 0. The summed E-state index contributed by atoms with van der Waals surface area (Å²) in [5.41, 5.74) is 0. The average molecular weight is 691 g/mol. The molecular weight excluding hydrogens is 623 g/mol. The molecule has 0 aromatic rings. The number of carbonyl (C=O) groups is 2. The van der Waals surface area contributed by atoms with Crippen molar-refractivity contribution in [3.63, 3.8) is 0 Å². The number of rotatable bonds is 34. The summed E-state index contributed by atoms with van der Waals surface area (Å²) in [7, 11) is -4.63. The number of allylic oxidation sites excluding steroid dienone is 4. The van der Waals surface area contributed by atoms with Crippen LogP contribution in [0.3, 0.4) is 0 Å². The van der Waals surface area contributed by atoms with Crippen molar-refractivity contribution in [2.75, 3.05) is 26.4 Å². The molecule has 3 unspecified atom stereocenters. The minimum Gasteiger partial charge on any atom is -0.457 e. The largest absolute Gasteiger partial charge is 0.472 e. The minimum atomic E-state index is -4.63. The average Bonchev–Trinajstić information content (AvgIpc) is 3.05. The number of phosphoric acid groups is 1. The fourth-order valence-corrected chi connectivity index (χ4v) is 5.56. The first-order valence-electron chi connectivity index (χ1n) is 18.3. The predicted octanol–water partition coefficient (Wildman–Crippen LogP) is 8.66. The predicted molar refractivity (Wildman–Crippen MR) is 187 cm³/mol. The molecule has 10 nitrogen and oxygen atoms in total. The summed E-state index contributed by atoms with van der Waals surface area (Å²) in [5.74, 6) is -1.03. The summed E-state index contributed by atoms with van der Waals surface area (Å²) in [6.45, 7) is 2.11. The van der Waals surface area contributed by atoms with Gasteiger partial charge in [-0.2, -0.15) is 0 Å². The zero-order valence-electron chi connectivity index (χ0n) is 29.5. The monoisotopic (exact) mass is 690 g/mol. The topological polar surface area (TPSA) is 149 Å². The molecule has 3 atom stereocenters. The van der Waals surface area contributed by atoms with Crippen molar-refractivity contribution in [3.8, 4) is 0 Å². The van der Waals surface area contributed by atoms with Crippen LogP contribution in [-0.4, -0.2) is 65.7 Å². The van der Waals surface area contributed by atoms with Gasteiger partial charge in [-0.05, 0) is 38.5 Å². The van der Waals surface area contributed by atoms with E-state index < -0.39 is 58.4 Å². The Morgan fingerprint density at radius 3 is 1.38 bits per heavy atom. The third kappa shape index (κ3) is 31.5. The number of aliphatic hydroxyl groups is 2. The van der Waals surface area contributed by atoms with Crippen molar-refractivity contribution in [2.24, 2.45) is 0 Å². The van der Waals surface area contributed by atoms with Crippen molar-refractivity contribution in [2.45, 2.75) is 167 Å². The zero-order chi connectivity index (χ0) is 34.9. The molecule has 276 valence electrons. The molecule has 0 saturated heterocycles. The number of hydrogen-bond acceptors (Lipinski definition) is 9. The highest BCUT2D eigenvalue weighted by atomic mass is 31.2. The lowest BCUT2D eigenvalue weighted by Gasteiger charge is -2.20. The molecule has 0 aromatic heterocycles. The van der Waals surface area contributed by atoms with Crippen molar-refractivity contribution in [3.05, 3.63) is 24.3 Å². The van der Waals surface area contributed by atoms with E-state index in [-0.39, 0.29) is 12.8 Å². The fraction of sp³-hybridized carbons (Fsp3) is 0.833. The Hall–Kier alpha value is -1.55. The molecule has 11 heteroatoms. The minimum absolute atomic E-state index is 0.177. The van der Waals surface area contributed by atoms with Crippen LogP contribution in [0.15, 0.2) is 24.3 Å². The fourth-order valence-electron chi connectivity index (χ4n) is 4.78. The first-order valence-corrected chi connectivity index (χ1v) is 19.8. The Morgan fingerprint density at radius 1 is 0.574 bits per heavy atom. The Morgan fingerprint density at radius 2 is 0.957 bits per heavy atom. The SMILES string of the molecule is CCCC/C=C\C/C=C\CCCCCCCC(=O)OC(CO)COP(=O)(O)OCC(CO)OC(=O)CCCCCCCCCCCC. The van der Waals surface area contributed by atoms with Gasteiger partial charge in [0.15, 0.2) is 0 Å². The van der Waals surface area contributed by atoms with Crippen LogP contribution in [0, 0.1) is 0 Å². The lowest BCUT2D eigenvalue weighted by Crippen LogP contribution is -2.28. The molecule has 0 heterocycles. The van der Waals surface area contributed by atoms with Crippen molar-refractivity contribution >= 4 is 19.8 Å². The molecule has 0 radical (unpaired) electrons. The smallest absolute Gasteiger partial charge is 0.457 e. The maximum absolute atomic E-state index is 12.3. The van der Waals surface area contributed by atoms with E-state index in [1.165, 1.54) is 51.4 Å². The van der Waals surface area contributed by atoms with E-state index in [1.807, 2.05) is 0 Å². The standard InChI is InChI=1S/C36H67O10P/c1-3-5-7-9-11-13-15-16-17-18-20-22-24-26-28-36(40)46-34(30-38)32-44-47(41,42)43-31-33(29-37)45-35(39)27-25-23-21-19-14-12-10-8-6-4-2/h9,11,15-16,33-34,37-38H,3-8,10,12-14,17-32H2,1-2H3,(H,41,42)/b11-9-,16-15-. The first-order chi connectivity index (χ1) is 22.8. The van der Waals surface area contributed by atoms with E-state index in [4.69, 9.17) is 18.5 Å². The number of aliphatic hydroxyl groups excluding tert-OH is 2. The van der Waals surface area contributed by atoms with Gasteiger partial charge in [0, 0.05) is 12.8 Å². The van der Waals surface area contributed by atoms with Gasteiger partial charge < -0.3 is 24.6 Å². The molecule has 0 amide bonds. The molecule has 0 aliphatic rings. The van der Waals surface area contributed by atoms with Crippen molar-refractivity contribution in [1.29, 1.82) is 0 Å². The Bertz CT molecular complexity index is 848. The molecule has 0 fully saturated rings. The van der Waals surface area contributed by atoms with Crippen LogP contribution < -0.4 is 0 Å². The second kappa shape index (κ2) is 33.0. The highest BCUT2D eigenvalue weighted by molar-refractivity contribution is 7.47. The lowest BCUT2D eigenvalue weighted by molar-refractivity contribution is -0.153. The molecule has 0 saturated carbocycles. The van der Waals surface area contributed by atoms with Gasteiger partial charge in [-0.25, -0.2) is 4.57 Å². The third-order valence-corrected chi connectivity index (χ3v) is 8.62. The van der Waals surface area contributed by atoms with E-state index in [1.54, 1.807) is 0 Å². The number of ether oxygens (including phenoxy) is 2. The highest BCUT2D eigenvalue weighted by Gasteiger charge is 2.27. The molecule has 0 aliphatic heterocycles. The van der Waals surface area contributed by atoms with Gasteiger partial charge in [0.2, 0.25) is 0 Å². The summed E-state index contributed by atoms with van der Waals surface area (Å²) in [4.78, 5) is 34.2. The second-order valence-corrected chi connectivity index (χ2v) is 13.7. The van der Waals surface area contributed by atoms with Crippen LogP contribution in [0.2, 0.25) is 0 Å². The van der Waals surface area contributed by atoms with Gasteiger partial charge in [-0.1, -0.05) is 128 Å². The van der Waals surface area contributed by atoms with Crippen molar-refractivity contribution < 1.29 is 47.8 Å². The van der Waals surface area contributed by atoms with Crippen LogP contribution in [0.4, 0.5) is 0 Å². The Kier molecular flexibility index (Phi) is 31.9. The summed E-state index contributed by atoms with van der Waals surface area (Å²) < 4.78 is 32.3. The summed E-state index contributed by atoms with van der Waals surface area (Å²) in [6.07, 6.45) is 28.7. The zero-order valence-corrected chi connectivity index (χ0v) is 30.4. The number of esters is 2. The third-order valence-electron chi connectivity index (χ3n) is 7.67. The number of carbonyl (C=O) groups excluding carboxylic acids is 2. The summed E-state index contributed by atoms with van der Waals surface area (Å²) in [5, 5.41) is 19.0. The van der Waals surface area contributed by atoms with Gasteiger partial charge in [0.25, 0.3) is 0 Å².